The molecule has 1 aliphatic rings. The van der Waals surface area contributed by atoms with Gasteiger partial charge in [-0.05, 0) is 43.6 Å². The van der Waals surface area contributed by atoms with E-state index in [1.165, 1.54) is 5.56 Å². The van der Waals surface area contributed by atoms with E-state index in [2.05, 4.69) is 22.8 Å². The van der Waals surface area contributed by atoms with Gasteiger partial charge in [-0.2, -0.15) is 0 Å². The Morgan fingerprint density at radius 2 is 1.88 bits per heavy atom. The Bertz CT molecular complexity index is 652. The van der Waals surface area contributed by atoms with Gasteiger partial charge in [0.2, 0.25) is 5.91 Å². The standard InChI is InChI=1S/C20H24N2O2/c23-20(17-9-12-21-13-10-17)22-18-7-4-8-19(15-18)24-14-11-16-5-2-1-3-6-16/h1-8,15,17,21H,9-14H2,(H,22,23). The van der Waals surface area contributed by atoms with Crippen LogP contribution in [0.4, 0.5) is 5.69 Å². The fourth-order valence-corrected chi connectivity index (χ4v) is 2.92. The van der Waals surface area contributed by atoms with E-state index in [0.717, 1.165) is 43.8 Å². The summed E-state index contributed by atoms with van der Waals surface area (Å²) in [5.74, 6) is 1.00. The quantitative estimate of drug-likeness (QED) is 0.857. The highest BCUT2D eigenvalue weighted by atomic mass is 16.5. The minimum atomic E-state index is 0.105. The lowest BCUT2D eigenvalue weighted by Gasteiger charge is -2.21. The SMILES string of the molecule is O=C(Nc1cccc(OCCc2ccccc2)c1)C1CCNCC1. The summed E-state index contributed by atoms with van der Waals surface area (Å²) in [6, 6.07) is 17.9. The van der Waals surface area contributed by atoms with Crippen LogP contribution in [-0.4, -0.2) is 25.6 Å². The molecule has 1 saturated heterocycles. The first-order valence-electron chi connectivity index (χ1n) is 8.59. The van der Waals surface area contributed by atoms with E-state index in [0.29, 0.717) is 6.61 Å². The van der Waals surface area contributed by atoms with Crippen molar-refractivity contribution in [2.45, 2.75) is 19.3 Å². The van der Waals surface area contributed by atoms with E-state index in [1.807, 2.05) is 42.5 Å². The maximum atomic E-state index is 12.3. The molecule has 4 nitrogen and oxygen atoms in total. The van der Waals surface area contributed by atoms with Crippen molar-refractivity contribution >= 4 is 11.6 Å². The number of rotatable bonds is 6. The van der Waals surface area contributed by atoms with Crippen molar-refractivity contribution in [1.29, 1.82) is 0 Å². The lowest BCUT2D eigenvalue weighted by Crippen LogP contribution is -2.34. The van der Waals surface area contributed by atoms with Crippen LogP contribution in [-0.2, 0) is 11.2 Å². The molecule has 4 heteroatoms. The van der Waals surface area contributed by atoms with Gasteiger partial charge >= 0.3 is 0 Å². The van der Waals surface area contributed by atoms with E-state index in [1.54, 1.807) is 0 Å². The number of benzene rings is 2. The lowest BCUT2D eigenvalue weighted by atomic mass is 9.97. The van der Waals surface area contributed by atoms with Crippen molar-refractivity contribution in [3.05, 3.63) is 60.2 Å². The number of carbonyl (C=O) groups excluding carboxylic acids is 1. The van der Waals surface area contributed by atoms with Crippen LogP contribution in [0.15, 0.2) is 54.6 Å². The van der Waals surface area contributed by atoms with Gasteiger partial charge in [0.15, 0.2) is 0 Å². The molecule has 2 N–H and O–H groups in total. The first-order chi connectivity index (χ1) is 11.8. The van der Waals surface area contributed by atoms with E-state index < -0.39 is 0 Å². The monoisotopic (exact) mass is 324 g/mol. The number of hydrogen-bond donors (Lipinski definition) is 2. The van der Waals surface area contributed by atoms with Gasteiger partial charge in [-0.3, -0.25) is 4.79 Å². The maximum Gasteiger partial charge on any atom is 0.227 e. The lowest BCUT2D eigenvalue weighted by molar-refractivity contribution is -0.120. The molecular formula is C20H24N2O2. The molecule has 2 aromatic rings. The molecule has 24 heavy (non-hydrogen) atoms. The zero-order valence-electron chi connectivity index (χ0n) is 13.8. The highest BCUT2D eigenvalue weighted by Crippen LogP contribution is 2.20. The van der Waals surface area contributed by atoms with Crippen LogP contribution >= 0.6 is 0 Å². The van der Waals surface area contributed by atoms with E-state index >= 15 is 0 Å². The fraction of sp³-hybridized carbons (Fsp3) is 0.350. The average molecular weight is 324 g/mol. The Morgan fingerprint density at radius 3 is 2.67 bits per heavy atom. The number of nitrogens with one attached hydrogen (secondary N) is 2. The third-order valence-electron chi connectivity index (χ3n) is 4.31. The largest absolute Gasteiger partial charge is 0.493 e. The maximum absolute atomic E-state index is 12.3. The minimum absolute atomic E-state index is 0.105. The second-order valence-electron chi connectivity index (χ2n) is 6.13. The van der Waals surface area contributed by atoms with Gasteiger partial charge in [0.25, 0.3) is 0 Å². The first kappa shape index (κ1) is 16.5. The number of amides is 1. The molecule has 1 fully saturated rings. The molecular weight excluding hydrogens is 300 g/mol. The van der Waals surface area contributed by atoms with Gasteiger partial charge in [0, 0.05) is 24.1 Å². The Labute approximate surface area is 143 Å². The summed E-state index contributed by atoms with van der Waals surface area (Å²) in [5.41, 5.74) is 2.06. The number of ether oxygens (including phenoxy) is 1. The Kier molecular flexibility index (Phi) is 5.85. The zero-order chi connectivity index (χ0) is 16.6. The third-order valence-corrected chi connectivity index (χ3v) is 4.31. The number of hydrogen-bond acceptors (Lipinski definition) is 3. The second kappa shape index (κ2) is 8.50. The molecule has 3 rings (SSSR count). The Hall–Kier alpha value is -2.33. The predicted octanol–water partition coefficient (Wildman–Crippen LogP) is 3.25. The molecule has 1 heterocycles. The molecule has 0 atom stereocenters. The van der Waals surface area contributed by atoms with Gasteiger partial charge < -0.3 is 15.4 Å². The highest BCUT2D eigenvalue weighted by molar-refractivity contribution is 5.92. The molecule has 126 valence electrons. The van der Waals surface area contributed by atoms with Gasteiger partial charge in [-0.15, -0.1) is 0 Å². The summed E-state index contributed by atoms with van der Waals surface area (Å²) in [7, 11) is 0. The summed E-state index contributed by atoms with van der Waals surface area (Å²) in [4.78, 5) is 12.3. The van der Waals surface area contributed by atoms with Crippen LogP contribution in [0.25, 0.3) is 0 Å². The number of carbonyl (C=O) groups is 1. The highest BCUT2D eigenvalue weighted by Gasteiger charge is 2.20. The second-order valence-corrected chi connectivity index (χ2v) is 6.13. The summed E-state index contributed by atoms with van der Waals surface area (Å²) >= 11 is 0. The Morgan fingerprint density at radius 1 is 1.08 bits per heavy atom. The predicted molar refractivity (Wildman–Crippen MR) is 96.3 cm³/mol. The molecule has 0 aliphatic carbocycles. The zero-order valence-corrected chi connectivity index (χ0v) is 13.8. The molecule has 0 radical (unpaired) electrons. The molecule has 1 amide bonds. The number of anilines is 1. The van der Waals surface area contributed by atoms with Gasteiger partial charge in [0.05, 0.1) is 6.61 Å². The summed E-state index contributed by atoms with van der Waals surface area (Å²) in [5, 5.41) is 6.29. The Balaban J connectivity index is 1.51. The normalized spacial score (nSPS) is 15.0. The van der Waals surface area contributed by atoms with Crippen LogP contribution in [0, 0.1) is 5.92 Å². The molecule has 0 unspecified atom stereocenters. The van der Waals surface area contributed by atoms with Crippen LogP contribution in [0.1, 0.15) is 18.4 Å². The summed E-state index contributed by atoms with van der Waals surface area (Å²) < 4.78 is 5.82. The molecule has 2 aromatic carbocycles. The van der Waals surface area contributed by atoms with Crippen LogP contribution in [0.2, 0.25) is 0 Å². The smallest absolute Gasteiger partial charge is 0.227 e. The van der Waals surface area contributed by atoms with Crippen molar-refractivity contribution in [3.63, 3.8) is 0 Å². The van der Waals surface area contributed by atoms with Crippen molar-refractivity contribution in [3.8, 4) is 5.75 Å². The van der Waals surface area contributed by atoms with Crippen molar-refractivity contribution in [2.24, 2.45) is 5.92 Å². The van der Waals surface area contributed by atoms with Gasteiger partial charge in [0.1, 0.15) is 5.75 Å². The third kappa shape index (κ3) is 4.83. The topological polar surface area (TPSA) is 50.4 Å². The van der Waals surface area contributed by atoms with Crippen LogP contribution in [0.3, 0.4) is 0 Å². The fourth-order valence-electron chi connectivity index (χ4n) is 2.92. The molecule has 0 spiro atoms. The molecule has 0 bridgehead atoms. The number of piperidine rings is 1. The minimum Gasteiger partial charge on any atom is -0.493 e. The molecule has 1 aliphatic heterocycles. The van der Waals surface area contributed by atoms with Gasteiger partial charge in [-0.1, -0.05) is 36.4 Å². The van der Waals surface area contributed by atoms with E-state index in [-0.39, 0.29) is 11.8 Å². The van der Waals surface area contributed by atoms with Crippen LogP contribution in [0.5, 0.6) is 5.75 Å². The molecule has 0 aromatic heterocycles. The summed E-state index contributed by atoms with van der Waals surface area (Å²) in [6.45, 7) is 2.46. The van der Waals surface area contributed by atoms with Gasteiger partial charge in [-0.25, -0.2) is 0 Å². The summed E-state index contributed by atoms with van der Waals surface area (Å²) in [6.07, 6.45) is 2.67. The van der Waals surface area contributed by atoms with Crippen molar-refractivity contribution < 1.29 is 9.53 Å². The molecule has 0 saturated carbocycles. The van der Waals surface area contributed by atoms with Crippen molar-refractivity contribution in [1.82, 2.24) is 5.32 Å². The average Bonchev–Trinajstić information content (AvgIpc) is 2.64. The first-order valence-corrected chi connectivity index (χ1v) is 8.59. The van der Waals surface area contributed by atoms with Crippen LogP contribution < -0.4 is 15.4 Å². The van der Waals surface area contributed by atoms with Crippen molar-refractivity contribution in [2.75, 3.05) is 25.0 Å². The van der Waals surface area contributed by atoms with E-state index in [9.17, 15) is 4.79 Å². The van der Waals surface area contributed by atoms with E-state index in [4.69, 9.17) is 4.74 Å².